The summed E-state index contributed by atoms with van der Waals surface area (Å²) >= 11 is 5.81. The number of nitrogens with one attached hydrogen (secondary N) is 1. The summed E-state index contributed by atoms with van der Waals surface area (Å²) in [6.45, 7) is -0.00140. The summed E-state index contributed by atoms with van der Waals surface area (Å²) in [5.41, 5.74) is 2.57. The molecule has 0 spiro atoms. The van der Waals surface area contributed by atoms with Crippen LogP contribution in [0.15, 0.2) is 41.5 Å². The van der Waals surface area contributed by atoms with E-state index in [9.17, 15) is 14.9 Å². The van der Waals surface area contributed by atoms with Crippen molar-refractivity contribution in [2.45, 2.75) is 0 Å². The predicted octanol–water partition coefficient (Wildman–Crippen LogP) is 2.74. The third kappa shape index (κ3) is 3.28. The molecule has 2 aromatic carbocycles. The van der Waals surface area contributed by atoms with E-state index in [1.807, 2.05) is 0 Å². The highest BCUT2D eigenvalue weighted by Gasteiger charge is 2.22. The van der Waals surface area contributed by atoms with Crippen molar-refractivity contribution in [3.05, 3.63) is 62.7 Å². The fourth-order valence-electron chi connectivity index (χ4n) is 2.06. The highest BCUT2D eigenvalue weighted by molar-refractivity contribution is 6.30. The second kappa shape index (κ2) is 6.55. The standard InChI is InChI=1S/C15H10ClN3O5/c16-11-3-1-2-9(4-11)15(20)18-17-7-10-5-13-14(24-8-23-13)6-12(10)19(21)22/h1-7H,8H2,(H,18,20)/b17-7-. The Morgan fingerprint density at radius 1 is 1.29 bits per heavy atom. The average molecular weight is 348 g/mol. The summed E-state index contributed by atoms with van der Waals surface area (Å²) in [5, 5.41) is 15.3. The molecular formula is C15H10ClN3O5. The zero-order valence-corrected chi connectivity index (χ0v) is 12.8. The lowest BCUT2D eigenvalue weighted by Gasteiger charge is -2.02. The molecule has 2 aromatic rings. The van der Waals surface area contributed by atoms with Gasteiger partial charge in [0, 0.05) is 10.6 Å². The lowest BCUT2D eigenvalue weighted by atomic mass is 10.1. The highest BCUT2D eigenvalue weighted by Crippen LogP contribution is 2.37. The van der Waals surface area contributed by atoms with Gasteiger partial charge in [0.2, 0.25) is 6.79 Å². The molecule has 8 nitrogen and oxygen atoms in total. The number of hydrogen-bond donors (Lipinski definition) is 1. The SMILES string of the molecule is O=C(N/N=C\c1cc2c(cc1[N+](=O)[O-])OCO2)c1cccc(Cl)c1. The number of ether oxygens (including phenoxy) is 2. The van der Waals surface area contributed by atoms with Gasteiger partial charge in [-0.1, -0.05) is 17.7 Å². The van der Waals surface area contributed by atoms with Crippen molar-refractivity contribution in [2.75, 3.05) is 6.79 Å². The molecule has 1 aliphatic rings. The number of carbonyl (C=O) groups excluding carboxylic acids is 1. The molecule has 0 bridgehead atoms. The van der Waals surface area contributed by atoms with Gasteiger partial charge in [-0.2, -0.15) is 5.10 Å². The number of rotatable bonds is 4. The van der Waals surface area contributed by atoms with Crippen LogP contribution in [0.1, 0.15) is 15.9 Å². The zero-order chi connectivity index (χ0) is 17.1. The topological polar surface area (TPSA) is 103 Å². The van der Waals surface area contributed by atoms with Gasteiger partial charge in [-0.25, -0.2) is 5.43 Å². The van der Waals surface area contributed by atoms with Gasteiger partial charge in [0.15, 0.2) is 11.5 Å². The number of benzene rings is 2. The summed E-state index contributed by atoms with van der Waals surface area (Å²) < 4.78 is 10.3. The molecule has 1 N–H and O–H groups in total. The van der Waals surface area contributed by atoms with Gasteiger partial charge in [0.1, 0.15) is 0 Å². The van der Waals surface area contributed by atoms with E-state index in [0.29, 0.717) is 22.1 Å². The van der Waals surface area contributed by atoms with Crippen LogP contribution in [0.4, 0.5) is 5.69 Å². The molecule has 0 saturated heterocycles. The summed E-state index contributed by atoms with van der Waals surface area (Å²) in [6, 6.07) is 8.99. The number of nitro benzene ring substituents is 1. The molecule has 24 heavy (non-hydrogen) atoms. The zero-order valence-electron chi connectivity index (χ0n) is 12.1. The molecule has 1 heterocycles. The van der Waals surface area contributed by atoms with E-state index in [4.69, 9.17) is 21.1 Å². The molecule has 122 valence electrons. The Kier molecular flexibility index (Phi) is 4.30. The normalized spacial score (nSPS) is 12.4. The van der Waals surface area contributed by atoms with Gasteiger partial charge in [-0.05, 0) is 24.3 Å². The lowest BCUT2D eigenvalue weighted by Crippen LogP contribution is -2.17. The quantitative estimate of drug-likeness (QED) is 0.520. The Hall–Kier alpha value is -3.13. The Balaban J connectivity index is 1.79. The number of hydrogen-bond acceptors (Lipinski definition) is 6. The number of halogens is 1. The maximum absolute atomic E-state index is 11.9. The van der Waals surface area contributed by atoms with Crippen LogP contribution in [0.2, 0.25) is 5.02 Å². The fraction of sp³-hybridized carbons (Fsp3) is 0.0667. The number of hydrazone groups is 1. The van der Waals surface area contributed by atoms with Crippen LogP contribution in [0, 0.1) is 10.1 Å². The van der Waals surface area contributed by atoms with Gasteiger partial charge >= 0.3 is 0 Å². The third-order valence-corrected chi connectivity index (χ3v) is 3.41. The Bertz CT molecular complexity index is 853. The first-order valence-electron chi connectivity index (χ1n) is 6.71. The number of amides is 1. The van der Waals surface area contributed by atoms with Crippen molar-refractivity contribution >= 4 is 29.4 Å². The monoisotopic (exact) mass is 347 g/mol. The van der Waals surface area contributed by atoms with Crippen molar-refractivity contribution < 1.29 is 19.2 Å². The first-order valence-corrected chi connectivity index (χ1v) is 7.09. The largest absolute Gasteiger partial charge is 0.454 e. The minimum Gasteiger partial charge on any atom is -0.454 e. The number of nitro groups is 1. The van der Waals surface area contributed by atoms with Crippen LogP contribution >= 0.6 is 11.6 Å². The van der Waals surface area contributed by atoms with Crippen LogP contribution in [-0.2, 0) is 0 Å². The van der Waals surface area contributed by atoms with Crippen LogP contribution in [0.3, 0.4) is 0 Å². The molecule has 0 unspecified atom stereocenters. The van der Waals surface area contributed by atoms with E-state index in [1.165, 1.54) is 24.4 Å². The minimum atomic E-state index is -0.567. The fourth-order valence-corrected chi connectivity index (χ4v) is 2.25. The highest BCUT2D eigenvalue weighted by atomic mass is 35.5. The van der Waals surface area contributed by atoms with Gasteiger partial charge in [-0.3, -0.25) is 14.9 Å². The van der Waals surface area contributed by atoms with Gasteiger partial charge < -0.3 is 9.47 Å². The molecule has 1 aliphatic heterocycles. The molecule has 0 fully saturated rings. The van der Waals surface area contributed by atoms with E-state index in [1.54, 1.807) is 18.2 Å². The van der Waals surface area contributed by atoms with Crippen molar-refractivity contribution in [1.82, 2.24) is 5.43 Å². The van der Waals surface area contributed by atoms with Crippen LogP contribution < -0.4 is 14.9 Å². The number of fused-ring (bicyclic) bond motifs is 1. The van der Waals surface area contributed by atoms with Gasteiger partial charge in [0.05, 0.1) is 22.8 Å². The summed E-state index contributed by atoms with van der Waals surface area (Å²) in [7, 11) is 0. The third-order valence-electron chi connectivity index (χ3n) is 3.18. The second-order valence-electron chi connectivity index (χ2n) is 4.73. The molecule has 0 radical (unpaired) electrons. The van der Waals surface area contributed by atoms with Crippen LogP contribution in [0.5, 0.6) is 11.5 Å². The van der Waals surface area contributed by atoms with Crippen LogP contribution in [-0.4, -0.2) is 23.8 Å². The first kappa shape index (κ1) is 15.8. The van der Waals surface area contributed by atoms with E-state index in [-0.39, 0.29) is 18.0 Å². The predicted molar refractivity (Wildman–Crippen MR) is 85.7 cm³/mol. The van der Waals surface area contributed by atoms with Crippen molar-refractivity contribution in [2.24, 2.45) is 5.10 Å². The number of nitrogens with zero attached hydrogens (tertiary/aromatic N) is 2. The molecule has 9 heteroatoms. The van der Waals surface area contributed by atoms with Gasteiger partial charge in [0.25, 0.3) is 11.6 Å². The minimum absolute atomic E-state index is 0.00140. The van der Waals surface area contributed by atoms with Crippen molar-refractivity contribution in [1.29, 1.82) is 0 Å². The van der Waals surface area contributed by atoms with E-state index in [0.717, 1.165) is 0 Å². The maximum Gasteiger partial charge on any atom is 0.282 e. The Morgan fingerprint density at radius 2 is 2.04 bits per heavy atom. The van der Waals surface area contributed by atoms with E-state index in [2.05, 4.69) is 10.5 Å². The van der Waals surface area contributed by atoms with E-state index >= 15 is 0 Å². The summed E-state index contributed by atoms with van der Waals surface area (Å²) in [4.78, 5) is 22.5. The van der Waals surface area contributed by atoms with Crippen molar-refractivity contribution in [3.63, 3.8) is 0 Å². The Labute approximate surface area is 140 Å². The van der Waals surface area contributed by atoms with Gasteiger partial charge in [-0.15, -0.1) is 0 Å². The van der Waals surface area contributed by atoms with Crippen LogP contribution in [0.25, 0.3) is 0 Å². The first-order chi connectivity index (χ1) is 11.5. The smallest absolute Gasteiger partial charge is 0.282 e. The lowest BCUT2D eigenvalue weighted by molar-refractivity contribution is -0.385. The molecular weight excluding hydrogens is 338 g/mol. The molecule has 1 amide bonds. The average Bonchev–Trinajstić information content (AvgIpc) is 3.01. The molecule has 0 saturated carbocycles. The summed E-state index contributed by atoms with van der Waals surface area (Å²) in [5.74, 6) is 0.183. The van der Waals surface area contributed by atoms with E-state index < -0.39 is 10.8 Å². The maximum atomic E-state index is 11.9. The second-order valence-corrected chi connectivity index (χ2v) is 5.17. The van der Waals surface area contributed by atoms with Crippen molar-refractivity contribution in [3.8, 4) is 11.5 Å². The molecule has 0 aliphatic carbocycles. The molecule has 0 atom stereocenters. The molecule has 3 rings (SSSR count). The summed E-state index contributed by atoms with van der Waals surface area (Å²) in [6.07, 6.45) is 1.17. The molecule has 0 aromatic heterocycles. The Morgan fingerprint density at radius 3 is 2.75 bits per heavy atom. The number of carbonyl (C=O) groups is 1.